The molecule has 0 bridgehead atoms. The Hall–Kier alpha value is -1.42. The quantitative estimate of drug-likeness (QED) is 0.661. The number of esters is 1. The predicted octanol–water partition coefficient (Wildman–Crippen LogP) is 4.59. The Bertz CT molecular complexity index is 639. The SMILES string of the molecule is Nc1ccc(Cl)c(C(=O)OCc2c(Cl)cccc2Cl)c1. The number of nitrogens with two attached hydrogens (primary N) is 1. The van der Waals surface area contributed by atoms with E-state index in [0.717, 1.165) is 0 Å². The van der Waals surface area contributed by atoms with Gasteiger partial charge in [-0.15, -0.1) is 0 Å². The molecule has 0 aliphatic carbocycles. The molecule has 104 valence electrons. The Labute approximate surface area is 131 Å². The van der Waals surface area contributed by atoms with E-state index in [0.29, 0.717) is 21.3 Å². The lowest BCUT2D eigenvalue weighted by atomic mass is 10.2. The first kappa shape index (κ1) is 15.0. The van der Waals surface area contributed by atoms with Crippen molar-refractivity contribution in [3.63, 3.8) is 0 Å². The zero-order valence-electron chi connectivity index (χ0n) is 10.2. The number of carbonyl (C=O) groups is 1. The number of halogens is 3. The molecule has 20 heavy (non-hydrogen) atoms. The van der Waals surface area contributed by atoms with Crippen molar-refractivity contribution in [3.8, 4) is 0 Å². The molecule has 0 saturated carbocycles. The van der Waals surface area contributed by atoms with E-state index in [-0.39, 0.29) is 17.2 Å². The molecule has 3 nitrogen and oxygen atoms in total. The fourth-order valence-corrected chi connectivity index (χ4v) is 2.29. The topological polar surface area (TPSA) is 52.3 Å². The van der Waals surface area contributed by atoms with E-state index in [1.807, 2.05) is 0 Å². The second-order valence-corrected chi connectivity index (χ2v) is 5.24. The number of hydrogen-bond acceptors (Lipinski definition) is 3. The maximum absolute atomic E-state index is 12.0. The van der Waals surface area contributed by atoms with Crippen LogP contribution in [0.25, 0.3) is 0 Å². The number of hydrogen-bond donors (Lipinski definition) is 1. The molecule has 0 amide bonds. The van der Waals surface area contributed by atoms with Gasteiger partial charge in [0.25, 0.3) is 0 Å². The molecule has 0 fully saturated rings. The molecule has 0 aromatic heterocycles. The molecular weight excluding hydrogens is 321 g/mol. The van der Waals surface area contributed by atoms with Crippen molar-refractivity contribution in [1.82, 2.24) is 0 Å². The summed E-state index contributed by atoms with van der Waals surface area (Å²) in [6.45, 7) is -0.0392. The molecule has 0 spiro atoms. The number of nitrogen functional groups attached to an aromatic ring is 1. The summed E-state index contributed by atoms with van der Waals surface area (Å²) >= 11 is 17.9. The summed E-state index contributed by atoms with van der Waals surface area (Å²) in [5.41, 5.74) is 6.79. The number of carbonyl (C=O) groups excluding carboxylic acids is 1. The summed E-state index contributed by atoms with van der Waals surface area (Å²) < 4.78 is 5.16. The van der Waals surface area contributed by atoms with Gasteiger partial charge < -0.3 is 10.5 Å². The van der Waals surface area contributed by atoms with Crippen LogP contribution in [-0.2, 0) is 11.3 Å². The third-order valence-corrected chi connectivity index (χ3v) is 3.66. The van der Waals surface area contributed by atoms with E-state index in [1.54, 1.807) is 24.3 Å². The number of benzene rings is 2. The Kier molecular flexibility index (Phi) is 4.76. The first-order valence-corrected chi connectivity index (χ1v) is 6.77. The van der Waals surface area contributed by atoms with Crippen molar-refractivity contribution in [2.75, 3.05) is 5.73 Å². The van der Waals surface area contributed by atoms with Crippen molar-refractivity contribution in [2.24, 2.45) is 0 Å². The maximum Gasteiger partial charge on any atom is 0.340 e. The van der Waals surface area contributed by atoms with Crippen molar-refractivity contribution in [3.05, 3.63) is 62.6 Å². The third kappa shape index (κ3) is 3.37. The first-order chi connectivity index (χ1) is 9.49. The summed E-state index contributed by atoms with van der Waals surface area (Å²) in [7, 11) is 0. The first-order valence-electron chi connectivity index (χ1n) is 5.64. The van der Waals surface area contributed by atoms with Crippen molar-refractivity contribution in [1.29, 1.82) is 0 Å². The Balaban J connectivity index is 2.15. The predicted molar refractivity (Wildman–Crippen MR) is 81.4 cm³/mol. The average molecular weight is 331 g/mol. The van der Waals surface area contributed by atoms with Gasteiger partial charge in [-0.25, -0.2) is 4.79 Å². The van der Waals surface area contributed by atoms with Gasteiger partial charge in [0.15, 0.2) is 0 Å². The van der Waals surface area contributed by atoms with Crippen LogP contribution in [-0.4, -0.2) is 5.97 Å². The molecule has 2 N–H and O–H groups in total. The monoisotopic (exact) mass is 329 g/mol. The molecule has 2 rings (SSSR count). The minimum atomic E-state index is -0.585. The molecule has 0 saturated heterocycles. The summed E-state index contributed by atoms with van der Waals surface area (Å²) in [6.07, 6.45) is 0. The zero-order valence-corrected chi connectivity index (χ0v) is 12.5. The van der Waals surface area contributed by atoms with Crippen molar-refractivity contribution in [2.45, 2.75) is 6.61 Å². The van der Waals surface area contributed by atoms with E-state index in [1.165, 1.54) is 12.1 Å². The van der Waals surface area contributed by atoms with Crippen molar-refractivity contribution >= 4 is 46.5 Å². The van der Waals surface area contributed by atoms with E-state index < -0.39 is 5.97 Å². The van der Waals surface area contributed by atoms with Crippen LogP contribution in [0.2, 0.25) is 15.1 Å². The van der Waals surface area contributed by atoms with Crippen molar-refractivity contribution < 1.29 is 9.53 Å². The molecule has 0 unspecified atom stereocenters. The number of rotatable bonds is 3. The highest BCUT2D eigenvalue weighted by atomic mass is 35.5. The molecule has 2 aromatic rings. The molecule has 2 aromatic carbocycles. The van der Waals surface area contributed by atoms with Crippen LogP contribution in [0, 0.1) is 0 Å². The van der Waals surface area contributed by atoms with Crippen LogP contribution in [0.15, 0.2) is 36.4 Å². The van der Waals surface area contributed by atoms with E-state index in [4.69, 9.17) is 45.3 Å². The zero-order chi connectivity index (χ0) is 14.7. The lowest BCUT2D eigenvalue weighted by Crippen LogP contribution is -2.07. The third-order valence-electron chi connectivity index (χ3n) is 2.62. The highest BCUT2D eigenvalue weighted by molar-refractivity contribution is 6.36. The highest BCUT2D eigenvalue weighted by Gasteiger charge is 2.14. The highest BCUT2D eigenvalue weighted by Crippen LogP contribution is 2.26. The van der Waals surface area contributed by atoms with Crippen LogP contribution in [0.4, 0.5) is 5.69 Å². The van der Waals surface area contributed by atoms with Gasteiger partial charge >= 0.3 is 5.97 Å². The van der Waals surface area contributed by atoms with Gasteiger partial charge in [-0.1, -0.05) is 40.9 Å². The van der Waals surface area contributed by atoms with E-state index >= 15 is 0 Å². The fraction of sp³-hybridized carbons (Fsp3) is 0.0714. The van der Waals surface area contributed by atoms with Gasteiger partial charge in [-0.05, 0) is 30.3 Å². The van der Waals surface area contributed by atoms with Gasteiger partial charge in [0.2, 0.25) is 0 Å². The number of ether oxygens (including phenoxy) is 1. The second kappa shape index (κ2) is 6.35. The van der Waals surface area contributed by atoms with Gasteiger partial charge in [-0.2, -0.15) is 0 Å². The van der Waals surface area contributed by atoms with Gasteiger partial charge in [0.1, 0.15) is 6.61 Å². The second-order valence-electron chi connectivity index (χ2n) is 4.02. The van der Waals surface area contributed by atoms with Gasteiger partial charge in [0, 0.05) is 21.3 Å². The molecule has 0 atom stereocenters. The standard InChI is InChI=1S/C14H10Cl3NO2/c15-11-2-1-3-12(16)10(11)7-20-14(19)9-6-8(18)4-5-13(9)17/h1-6H,7,18H2. The largest absolute Gasteiger partial charge is 0.457 e. The molecule has 6 heteroatoms. The minimum absolute atomic E-state index is 0.0392. The smallest absolute Gasteiger partial charge is 0.340 e. The average Bonchev–Trinajstić information content (AvgIpc) is 2.40. The molecule has 0 heterocycles. The summed E-state index contributed by atoms with van der Waals surface area (Å²) in [4.78, 5) is 12.0. The fourth-order valence-electron chi connectivity index (χ4n) is 1.59. The lowest BCUT2D eigenvalue weighted by Gasteiger charge is -2.09. The summed E-state index contributed by atoms with van der Waals surface area (Å²) in [5, 5.41) is 1.14. The lowest BCUT2D eigenvalue weighted by molar-refractivity contribution is 0.0473. The van der Waals surface area contributed by atoms with Crippen LogP contribution < -0.4 is 5.73 Å². The van der Waals surface area contributed by atoms with E-state index in [2.05, 4.69) is 0 Å². The molecule has 0 radical (unpaired) electrons. The normalized spacial score (nSPS) is 10.3. The van der Waals surface area contributed by atoms with Gasteiger partial charge in [-0.3, -0.25) is 0 Å². The van der Waals surface area contributed by atoms with Crippen LogP contribution >= 0.6 is 34.8 Å². The summed E-state index contributed by atoms with van der Waals surface area (Å²) in [6, 6.07) is 9.65. The molecule has 0 aliphatic rings. The Morgan fingerprint density at radius 3 is 2.35 bits per heavy atom. The van der Waals surface area contributed by atoms with E-state index in [9.17, 15) is 4.79 Å². The minimum Gasteiger partial charge on any atom is -0.457 e. The van der Waals surface area contributed by atoms with Crippen LogP contribution in [0.5, 0.6) is 0 Å². The van der Waals surface area contributed by atoms with Crippen LogP contribution in [0.3, 0.4) is 0 Å². The number of anilines is 1. The van der Waals surface area contributed by atoms with Gasteiger partial charge in [0.05, 0.1) is 10.6 Å². The summed E-state index contributed by atoms with van der Waals surface area (Å²) in [5.74, 6) is -0.585. The maximum atomic E-state index is 12.0. The Morgan fingerprint density at radius 1 is 1.05 bits per heavy atom. The molecular formula is C14H10Cl3NO2. The Morgan fingerprint density at radius 2 is 1.70 bits per heavy atom. The van der Waals surface area contributed by atoms with Crippen LogP contribution in [0.1, 0.15) is 15.9 Å². The molecule has 0 aliphatic heterocycles.